The third-order valence-electron chi connectivity index (χ3n) is 5.64. The summed E-state index contributed by atoms with van der Waals surface area (Å²) in [4.78, 5) is 12.5. The van der Waals surface area contributed by atoms with Crippen LogP contribution < -0.4 is 0 Å². The largest absolute Gasteiger partial charge is 0.457 e. The highest BCUT2D eigenvalue weighted by Crippen LogP contribution is 2.37. The van der Waals surface area contributed by atoms with Crippen LogP contribution in [0.2, 0.25) is 0 Å². The van der Waals surface area contributed by atoms with E-state index >= 15 is 0 Å². The topological polar surface area (TPSA) is 26.3 Å². The SMILES string of the molecule is Cc1c2ccccc2c(COC(=O)c2ccccc2)c2ccc3ccccc3c12. The number of carbonyl (C=O) groups is 1. The van der Waals surface area contributed by atoms with Gasteiger partial charge in [-0.15, -0.1) is 0 Å². The molecule has 0 aliphatic heterocycles. The third kappa shape index (κ3) is 2.94. The van der Waals surface area contributed by atoms with Gasteiger partial charge in [-0.1, -0.05) is 78.9 Å². The van der Waals surface area contributed by atoms with E-state index in [1.165, 1.54) is 27.1 Å². The van der Waals surface area contributed by atoms with Gasteiger partial charge in [-0.05, 0) is 56.9 Å². The van der Waals surface area contributed by atoms with E-state index in [9.17, 15) is 4.79 Å². The van der Waals surface area contributed by atoms with Crippen molar-refractivity contribution in [2.45, 2.75) is 13.5 Å². The van der Waals surface area contributed by atoms with Crippen LogP contribution >= 0.6 is 0 Å². The molecule has 0 N–H and O–H groups in total. The molecule has 0 aliphatic carbocycles. The summed E-state index contributed by atoms with van der Waals surface area (Å²) in [6.07, 6.45) is 0. The number of hydrogen-bond acceptors (Lipinski definition) is 2. The molecule has 0 unspecified atom stereocenters. The second-order valence-electron chi connectivity index (χ2n) is 7.30. The van der Waals surface area contributed by atoms with Crippen LogP contribution in [-0.2, 0) is 11.3 Å². The molecule has 0 radical (unpaired) electrons. The van der Waals surface area contributed by atoms with Crippen molar-refractivity contribution in [3.8, 4) is 0 Å². The lowest BCUT2D eigenvalue weighted by Crippen LogP contribution is -2.06. The molecule has 0 saturated heterocycles. The number of carbonyl (C=O) groups excluding carboxylic acids is 1. The molecule has 0 amide bonds. The molecule has 5 aromatic carbocycles. The van der Waals surface area contributed by atoms with E-state index in [0.29, 0.717) is 5.56 Å². The number of rotatable bonds is 3. The molecule has 2 nitrogen and oxygen atoms in total. The summed E-state index contributed by atoms with van der Waals surface area (Å²) < 4.78 is 5.74. The van der Waals surface area contributed by atoms with Gasteiger partial charge in [0.2, 0.25) is 0 Å². The van der Waals surface area contributed by atoms with E-state index < -0.39 is 0 Å². The molecule has 5 aromatic rings. The summed E-state index contributed by atoms with van der Waals surface area (Å²) in [6.45, 7) is 2.42. The standard InChI is InChI=1S/C27H20O2/c1-18-21-12-7-8-14-23(21)25(17-29-27(28)20-10-3-2-4-11-20)24-16-15-19-9-5-6-13-22(19)26(18)24/h2-16H,17H2,1H3. The first-order valence-corrected chi connectivity index (χ1v) is 9.78. The van der Waals surface area contributed by atoms with Crippen LogP contribution in [0.15, 0.2) is 91.0 Å². The van der Waals surface area contributed by atoms with Crippen molar-refractivity contribution in [3.63, 3.8) is 0 Å². The van der Waals surface area contributed by atoms with Gasteiger partial charge in [-0.25, -0.2) is 4.79 Å². The Morgan fingerprint density at radius 2 is 1.34 bits per heavy atom. The van der Waals surface area contributed by atoms with E-state index in [1.807, 2.05) is 24.3 Å². The summed E-state index contributed by atoms with van der Waals surface area (Å²) in [5.41, 5.74) is 2.88. The molecule has 0 saturated carbocycles. The van der Waals surface area contributed by atoms with Crippen LogP contribution in [-0.4, -0.2) is 5.97 Å². The van der Waals surface area contributed by atoms with Crippen LogP contribution in [0.1, 0.15) is 21.5 Å². The quantitative estimate of drug-likeness (QED) is 0.196. The Bertz CT molecular complexity index is 1370. The fraction of sp³-hybridized carbons (Fsp3) is 0.0741. The molecule has 140 valence electrons. The molecule has 5 rings (SSSR count). The highest BCUT2D eigenvalue weighted by Gasteiger charge is 2.15. The van der Waals surface area contributed by atoms with Crippen molar-refractivity contribution >= 4 is 38.3 Å². The maximum absolute atomic E-state index is 12.5. The molecule has 0 spiro atoms. The normalized spacial score (nSPS) is 11.2. The number of benzene rings is 5. The maximum atomic E-state index is 12.5. The van der Waals surface area contributed by atoms with Gasteiger partial charge < -0.3 is 4.74 Å². The van der Waals surface area contributed by atoms with Crippen molar-refractivity contribution < 1.29 is 9.53 Å². The predicted molar refractivity (Wildman–Crippen MR) is 119 cm³/mol. The summed E-state index contributed by atoms with van der Waals surface area (Å²) in [5, 5.41) is 7.14. The molecular weight excluding hydrogens is 356 g/mol. The third-order valence-corrected chi connectivity index (χ3v) is 5.64. The summed E-state index contributed by atoms with van der Waals surface area (Å²) >= 11 is 0. The first kappa shape index (κ1) is 17.4. The molecule has 29 heavy (non-hydrogen) atoms. The summed E-state index contributed by atoms with van der Waals surface area (Å²) in [5.74, 6) is -0.302. The van der Waals surface area contributed by atoms with Gasteiger partial charge in [-0.2, -0.15) is 0 Å². The highest BCUT2D eigenvalue weighted by molar-refractivity contribution is 6.16. The highest BCUT2D eigenvalue weighted by atomic mass is 16.5. The van der Waals surface area contributed by atoms with E-state index in [0.717, 1.165) is 16.3 Å². The van der Waals surface area contributed by atoms with Gasteiger partial charge in [0.25, 0.3) is 0 Å². The van der Waals surface area contributed by atoms with Gasteiger partial charge >= 0.3 is 5.97 Å². The fourth-order valence-corrected chi connectivity index (χ4v) is 4.23. The Labute approximate surface area is 169 Å². The Morgan fingerprint density at radius 3 is 2.14 bits per heavy atom. The second-order valence-corrected chi connectivity index (χ2v) is 7.30. The van der Waals surface area contributed by atoms with Crippen LogP contribution in [0.4, 0.5) is 0 Å². The van der Waals surface area contributed by atoms with Crippen LogP contribution in [0.3, 0.4) is 0 Å². The van der Waals surface area contributed by atoms with Crippen molar-refractivity contribution in [1.82, 2.24) is 0 Å². The average Bonchev–Trinajstić information content (AvgIpc) is 2.79. The van der Waals surface area contributed by atoms with E-state index in [-0.39, 0.29) is 12.6 Å². The fourth-order valence-electron chi connectivity index (χ4n) is 4.23. The zero-order valence-corrected chi connectivity index (χ0v) is 16.2. The minimum atomic E-state index is -0.302. The molecule has 0 bridgehead atoms. The lowest BCUT2D eigenvalue weighted by Gasteiger charge is -2.17. The number of esters is 1. The van der Waals surface area contributed by atoms with E-state index in [2.05, 4.69) is 61.5 Å². The maximum Gasteiger partial charge on any atom is 0.338 e. The molecule has 0 aromatic heterocycles. The van der Waals surface area contributed by atoms with Crippen LogP contribution in [0, 0.1) is 6.92 Å². The number of ether oxygens (including phenoxy) is 1. The Morgan fingerprint density at radius 1 is 0.690 bits per heavy atom. The molecule has 0 heterocycles. The zero-order valence-electron chi connectivity index (χ0n) is 16.2. The predicted octanol–water partition coefficient (Wildman–Crippen LogP) is 6.81. The van der Waals surface area contributed by atoms with Crippen molar-refractivity contribution in [2.75, 3.05) is 0 Å². The van der Waals surface area contributed by atoms with E-state index in [1.54, 1.807) is 12.1 Å². The Balaban J connectivity index is 1.71. The number of aryl methyl sites for hydroxylation is 1. The van der Waals surface area contributed by atoms with Gasteiger partial charge in [0, 0.05) is 5.56 Å². The Hall–Kier alpha value is -3.65. The molecule has 0 atom stereocenters. The molecule has 0 fully saturated rings. The monoisotopic (exact) mass is 376 g/mol. The van der Waals surface area contributed by atoms with Gasteiger partial charge in [0.1, 0.15) is 6.61 Å². The van der Waals surface area contributed by atoms with Gasteiger partial charge in [0.15, 0.2) is 0 Å². The first-order chi connectivity index (χ1) is 14.2. The van der Waals surface area contributed by atoms with Crippen LogP contribution in [0.25, 0.3) is 32.3 Å². The smallest absolute Gasteiger partial charge is 0.338 e. The molecule has 0 aliphatic rings. The minimum Gasteiger partial charge on any atom is -0.457 e. The summed E-state index contributed by atoms with van der Waals surface area (Å²) in [6, 6.07) is 30.2. The lowest BCUT2D eigenvalue weighted by molar-refractivity contribution is 0.0476. The molecule has 2 heteroatoms. The summed E-state index contributed by atoms with van der Waals surface area (Å²) in [7, 11) is 0. The number of hydrogen-bond donors (Lipinski definition) is 0. The van der Waals surface area contributed by atoms with Gasteiger partial charge in [-0.3, -0.25) is 0 Å². The van der Waals surface area contributed by atoms with E-state index in [4.69, 9.17) is 4.74 Å². The van der Waals surface area contributed by atoms with Crippen molar-refractivity contribution in [1.29, 1.82) is 0 Å². The van der Waals surface area contributed by atoms with Crippen molar-refractivity contribution in [3.05, 3.63) is 108 Å². The average molecular weight is 376 g/mol. The van der Waals surface area contributed by atoms with Crippen LogP contribution in [0.5, 0.6) is 0 Å². The lowest BCUT2D eigenvalue weighted by atomic mass is 9.89. The first-order valence-electron chi connectivity index (χ1n) is 9.78. The zero-order chi connectivity index (χ0) is 19.8. The number of fused-ring (bicyclic) bond motifs is 4. The minimum absolute atomic E-state index is 0.239. The Kier molecular flexibility index (Phi) is 4.25. The second kappa shape index (κ2) is 7.06. The van der Waals surface area contributed by atoms with Gasteiger partial charge in [0.05, 0.1) is 5.56 Å². The molecular formula is C27H20O2. The van der Waals surface area contributed by atoms with Crippen molar-refractivity contribution in [2.24, 2.45) is 0 Å².